The van der Waals surface area contributed by atoms with Crippen molar-refractivity contribution in [3.05, 3.63) is 54.9 Å². The minimum atomic E-state index is 0.268. The number of para-hydroxylation sites is 1. The molecular formula is C17H20N2O2. The number of hydrogen-bond acceptors (Lipinski definition) is 4. The fourth-order valence-corrected chi connectivity index (χ4v) is 2.51. The molecule has 21 heavy (non-hydrogen) atoms. The van der Waals surface area contributed by atoms with Crippen LogP contribution < -0.4 is 9.47 Å². The Kier molecular flexibility index (Phi) is 4.69. The van der Waals surface area contributed by atoms with Gasteiger partial charge in [0.05, 0.1) is 0 Å². The molecule has 1 saturated heterocycles. The van der Waals surface area contributed by atoms with Gasteiger partial charge in [-0.1, -0.05) is 18.2 Å². The Bertz CT molecular complexity index is 533. The average molecular weight is 284 g/mol. The van der Waals surface area contributed by atoms with E-state index in [0.717, 1.165) is 37.6 Å². The molecule has 0 amide bonds. The summed E-state index contributed by atoms with van der Waals surface area (Å²) in [5.74, 6) is 1.83. The van der Waals surface area contributed by atoms with Crippen LogP contribution in [0, 0.1) is 0 Å². The fraction of sp³-hybridized carbons (Fsp3) is 0.353. The zero-order valence-electron chi connectivity index (χ0n) is 12.0. The van der Waals surface area contributed by atoms with Crippen LogP contribution >= 0.6 is 0 Å². The lowest BCUT2D eigenvalue weighted by atomic mass is 10.3. The molecule has 0 unspecified atom stereocenters. The monoisotopic (exact) mass is 284 g/mol. The highest BCUT2D eigenvalue weighted by Crippen LogP contribution is 2.17. The number of benzene rings is 1. The molecule has 2 aromatic rings. The van der Waals surface area contributed by atoms with Crippen LogP contribution in [-0.4, -0.2) is 42.2 Å². The van der Waals surface area contributed by atoms with E-state index in [1.807, 2.05) is 42.5 Å². The number of ether oxygens (including phenoxy) is 2. The van der Waals surface area contributed by atoms with Gasteiger partial charge >= 0.3 is 0 Å². The second kappa shape index (κ2) is 7.09. The Morgan fingerprint density at radius 3 is 2.67 bits per heavy atom. The van der Waals surface area contributed by atoms with Gasteiger partial charge in [-0.05, 0) is 30.7 Å². The SMILES string of the molecule is c1ccc(OCCN2CC[C@@H](Oc3ccncc3)C2)cc1. The average Bonchev–Trinajstić information content (AvgIpc) is 2.97. The quantitative estimate of drug-likeness (QED) is 0.816. The van der Waals surface area contributed by atoms with Gasteiger partial charge in [0.15, 0.2) is 0 Å². The maximum absolute atomic E-state index is 5.95. The maximum atomic E-state index is 5.95. The van der Waals surface area contributed by atoms with E-state index in [2.05, 4.69) is 9.88 Å². The lowest BCUT2D eigenvalue weighted by Gasteiger charge is -2.17. The van der Waals surface area contributed by atoms with Gasteiger partial charge in [0.25, 0.3) is 0 Å². The minimum Gasteiger partial charge on any atom is -0.492 e. The van der Waals surface area contributed by atoms with Crippen molar-refractivity contribution in [2.24, 2.45) is 0 Å². The van der Waals surface area contributed by atoms with Gasteiger partial charge in [-0.15, -0.1) is 0 Å². The third-order valence-electron chi connectivity index (χ3n) is 3.60. The van der Waals surface area contributed by atoms with Crippen LogP contribution in [0.3, 0.4) is 0 Å². The fourth-order valence-electron chi connectivity index (χ4n) is 2.51. The first-order valence-corrected chi connectivity index (χ1v) is 7.37. The molecule has 0 radical (unpaired) electrons. The van der Waals surface area contributed by atoms with Gasteiger partial charge in [0, 0.05) is 32.0 Å². The maximum Gasteiger partial charge on any atom is 0.122 e. The van der Waals surface area contributed by atoms with Gasteiger partial charge in [-0.2, -0.15) is 0 Å². The van der Waals surface area contributed by atoms with Crippen molar-refractivity contribution in [2.45, 2.75) is 12.5 Å². The van der Waals surface area contributed by atoms with Crippen LogP contribution in [0.5, 0.6) is 11.5 Å². The summed E-state index contributed by atoms with van der Waals surface area (Å²) in [5.41, 5.74) is 0. The van der Waals surface area contributed by atoms with Crippen molar-refractivity contribution in [3.63, 3.8) is 0 Å². The lowest BCUT2D eigenvalue weighted by molar-refractivity contribution is 0.186. The summed E-state index contributed by atoms with van der Waals surface area (Å²) < 4.78 is 11.7. The summed E-state index contributed by atoms with van der Waals surface area (Å²) in [4.78, 5) is 6.38. The van der Waals surface area contributed by atoms with Crippen LogP contribution in [0.2, 0.25) is 0 Å². The highest BCUT2D eigenvalue weighted by Gasteiger charge is 2.23. The summed E-state index contributed by atoms with van der Waals surface area (Å²) in [6.45, 7) is 3.67. The smallest absolute Gasteiger partial charge is 0.122 e. The molecule has 0 spiro atoms. The van der Waals surface area contributed by atoms with Crippen molar-refractivity contribution < 1.29 is 9.47 Å². The second-order valence-electron chi connectivity index (χ2n) is 5.17. The van der Waals surface area contributed by atoms with Crippen LogP contribution in [0.25, 0.3) is 0 Å². The third kappa shape index (κ3) is 4.20. The van der Waals surface area contributed by atoms with E-state index in [-0.39, 0.29) is 6.10 Å². The minimum absolute atomic E-state index is 0.268. The van der Waals surface area contributed by atoms with Crippen LogP contribution in [-0.2, 0) is 0 Å². The van der Waals surface area contributed by atoms with E-state index in [9.17, 15) is 0 Å². The molecular weight excluding hydrogens is 264 g/mol. The largest absolute Gasteiger partial charge is 0.492 e. The van der Waals surface area contributed by atoms with Crippen LogP contribution in [0.15, 0.2) is 54.9 Å². The normalized spacial score (nSPS) is 18.6. The second-order valence-corrected chi connectivity index (χ2v) is 5.17. The van der Waals surface area contributed by atoms with E-state index in [1.165, 1.54) is 0 Å². The van der Waals surface area contributed by atoms with Crippen molar-refractivity contribution in [1.82, 2.24) is 9.88 Å². The zero-order valence-corrected chi connectivity index (χ0v) is 12.0. The molecule has 4 nitrogen and oxygen atoms in total. The molecule has 0 saturated carbocycles. The van der Waals surface area contributed by atoms with Crippen molar-refractivity contribution in [1.29, 1.82) is 0 Å². The summed E-state index contributed by atoms with van der Waals surface area (Å²) in [6.07, 6.45) is 4.85. The predicted octanol–water partition coefficient (Wildman–Crippen LogP) is 2.61. The molecule has 4 heteroatoms. The first-order valence-electron chi connectivity index (χ1n) is 7.37. The first-order chi connectivity index (χ1) is 10.4. The van der Waals surface area contributed by atoms with Crippen LogP contribution in [0.4, 0.5) is 0 Å². The molecule has 0 aliphatic carbocycles. The number of likely N-dealkylation sites (tertiary alicyclic amines) is 1. The lowest BCUT2D eigenvalue weighted by Crippen LogP contribution is -2.28. The van der Waals surface area contributed by atoms with Gasteiger partial charge < -0.3 is 9.47 Å². The zero-order chi connectivity index (χ0) is 14.3. The van der Waals surface area contributed by atoms with E-state index in [4.69, 9.17) is 9.47 Å². The topological polar surface area (TPSA) is 34.6 Å². The molecule has 1 aliphatic rings. The standard InChI is InChI=1S/C17H20N2O2/c1-2-4-15(5-3-1)20-13-12-19-11-8-17(14-19)21-16-6-9-18-10-7-16/h1-7,9-10,17H,8,11-14H2/t17-/m1/s1. The Morgan fingerprint density at radius 1 is 1.05 bits per heavy atom. The molecule has 1 aromatic heterocycles. The van der Waals surface area contributed by atoms with E-state index < -0.39 is 0 Å². The van der Waals surface area contributed by atoms with Gasteiger partial charge in [-0.3, -0.25) is 9.88 Å². The van der Waals surface area contributed by atoms with Crippen molar-refractivity contribution in [2.75, 3.05) is 26.2 Å². The van der Waals surface area contributed by atoms with E-state index in [0.29, 0.717) is 6.61 Å². The van der Waals surface area contributed by atoms with Crippen molar-refractivity contribution in [3.8, 4) is 11.5 Å². The van der Waals surface area contributed by atoms with Gasteiger partial charge in [-0.25, -0.2) is 0 Å². The summed E-state index contributed by atoms with van der Waals surface area (Å²) in [7, 11) is 0. The summed E-state index contributed by atoms with van der Waals surface area (Å²) in [6, 6.07) is 13.8. The number of aromatic nitrogens is 1. The van der Waals surface area contributed by atoms with Crippen molar-refractivity contribution >= 4 is 0 Å². The molecule has 1 atom stereocenters. The molecule has 0 bridgehead atoms. The molecule has 2 heterocycles. The Hall–Kier alpha value is -2.07. The number of rotatable bonds is 6. The molecule has 110 valence electrons. The van der Waals surface area contributed by atoms with E-state index >= 15 is 0 Å². The molecule has 1 aliphatic heterocycles. The van der Waals surface area contributed by atoms with Gasteiger partial charge in [0.1, 0.15) is 24.2 Å². The Morgan fingerprint density at radius 2 is 1.86 bits per heavy atom. The van der Waals surface area contributed by atoms with Gasteiger partial charge in [0.2, 0.25) is 0 Å². The summed E-state index contributed by atoms with van der Waals surface area (Å²) in [5, 5.41) is 0. The highest BCUT2D eigenvalue weighted by molar-refractivity contribution is 5.21. The first kappa shape index (κ1) is 13.9. The third-order valence-corrected chi connectivity index (χ3v) is 3.60. The van der Waals surface area contributed by atoms with Crippen LogP contribution in [0.1, 0.15) is 6.42 Å². The molecule has 0 N–H and O–H groups in total. The number of hydrogen-bond donors (Lipinski definition) is 0. The number of nitrogens with zero attached hydrogens (tertiary/aromatic N) is 2. The van der Waals surface area contributed by atoms with E-state index in [1.54, 1.807) is 12.4 Å². The molecule has 1 aromatic carbocycles. The number of pyridine rings is 1. The molecule has 1 fully saturated rings. The summed E-state index contributed by atoms with van der Waals surface area (Å²) >= 11 is 0. The molecule has 3 rings (SSSR count). The Balaban J connectivity index is 1.39. The predicted molar refractivity (Wildman–Crippen MR) is 81.6 cm³/mol. The highest BCUT2D eigenvalue weighted by atomic mass is 16.5. The Labute approximate surface area is 125 Å².